The van der Waals surface area contributed by atoms with Gasteiger partial charge in [-0.2, -0.15) is 0 Å². The van der Waals surface area contributed by atoms with Gasteiger partial charge in [0.05, 0.1) is 5.76 Å². The van der Waals surface area contributed by atoms with Crippen LogP contribution in [0.3, 0.4) is 0 Å². The van der Waals surface area contributed by atoms with Crippen molar-refractivity contribution in [2.24, 2.45) is 0 Å². The molecule has 17 heavy (non-hydrogen) atoms. The number of aliphatic hydroxyl groups is 1. The van der Waals surface area contributed by atoms with E-state index >= 15 is 0 Å². The summed E-state index contributed by atoms with van der Waals surface area (Å²) >= 11 is -0.543. The van der Waals surface area contributed by atoms with Gasteiger partial charge in [0.1, 0.15) is 0 Å². The van der Waals surface area contributed by atoms with Gasteiger partial charge in [0.2, 0.25) is 0 Å². The molecule has 0 aromatic heterocycles. The van der Waals surface area contributed by atoms with E-state index < -0.39 is 19.8 Å². The van der Waals surface area contributed by atoms with Crippen LogP contribution in [-0.4, -0.2) is 24.9 Å². The van der Waals surface area contributed by atoms with Crippen LogP contribution in [0.15, 0.2) is 42.2 Å². The second-order valence-corrected chi connectivity index (χ2v) is 13.6. The van der Waals surface area contributed by atoms with Gasteiger partial charge in [-0.25, -0.2) is 0 Å². The number of hydrogen-bond acceptors (Lipinski definition) is 1. The topological polar surface area (TPSA) is 20.2 Å². The molecule has 0 fully saturated rings. The fraction of sp³-hybridized carbons (Fsp3) is 0.467. The fourth-order valence-electron chi connectivity index (χ4n) is 1.87. The first-order valence-corrected chi connectivity index (χ1v) is 14.9. The van der Waals surface area contributed by atoms with Gasteiger partial charge in [0.25, 0.3) is 0 Å². The van der Waals surface area contributed by atoms with Crippen LogP contribution in [0.2, 0.25) is 14.8 Å². The Balaban J connectivity index is 0.000000317. The summed E-state index contributed by atoms with van der Waals surface area (Å²) in [5, 5.41) is 9.40. The van der Waals surface area contributed by atoms with Crippen molar-refractivity contribution >= 4 is 19.8 Å². The number of allylic oxidation sites excluding steroid dienone is 2. The second-order valence-electron chi connectivity index (χ2n) is 5.07. The first-order chi connectivity index (χ1) is 8.09. The maximum absolute atomic E-state index is 9.40. The average Bonchev–Trinajstić information content (AvgIpc) is 2.29. The quantitative estimate of drug-likeness (QED) is 0.732. The molecule has 1 atom stereocenters. The zero-order valence-electron chi connectivity index (χ0n) is 11.1. The minimum absolute atomic E-state index is 0.426. The predicted octanol–water partition coefficient (Wildman–Crippen LogP) is 4.77. The van der Waals surface area contributed by atoms with Crippen molar-refractivity contribution in [2.75, 3.05) is 0 Å². The Morgan fingerprint density at radius 1 is 1.12 bits per heavy atom. The molecule has 0 saturated heterocycles. The Bertz CT molecular complexity index is 340. The molecule has 0 saturated carbocycles. The Morgan fingerprint density at radius 3 is 2.24 bits per heavy atom. The van der Waals surface area contributed by atoms with Gasteiger partial charge in [0.15, 0.2) is 0 Å². The summed E-state index contributed by atoms with van der Waals surface area (Å²) in [6.07, 6.45) is 5.10. The monoisotopic (exact) mass is 339 g/mol. The van der Waals surface area contributed by atoms with Crippen LogP contribution in [0.5, 0.6) is 0 Å². The normalized spacial score (nSPS) is 19.3. The van der Waals surface area contributed by atoms with Crippen molar-refractivity contribution in [2.45, 2.75) is 40.0 Å². The molecule has 1 aromatic rings. The van der Waals surface area contributed by atoms with Crippen LogP contribution in [0, 0.1) is 0 Å². The summed E-state index contributed by atoms with van der Waals surface area (Å²) in [7, 11) is 0. The molecule has 0 spiro atoms. The predicted molar refractivity (Wildman–Crippen MR) is 77.1 cm³/mol. The third kappa shape index (κ3) is 6.15. The molecule has 0 unspecified atom stereocenters. The van der Waals surface area contributed by atoms with E-state index in [1.165, 1.54) is 5.56 Å². The summed E-state index contributed by atoms with van der Waals surface area (Å²) in [5.41, 5.74) is 1.31. The minimum atomic E-state index is -0.543. The Morgan fingerprint density at radius 2 is 1.71 bits per heavy atom. The summed E-state index contributed by atoms with van der Waals surface area (Å²) in [5.74, 6) is 0.982. The first-order valence-electron chi connectivity index (χ1n) is 6.31. The zero-order chi connectivity index (χ0) is 12.7. The first kappa shape index (κ1) is 14.6. The molecule has 1 aliphatic rings. The molecule has 1 aromatic carbocycles. The molecule has 2 rings (SSSR count). The van der Waals surface area contributed by atoms with Gasteiger partial charge in [-0.3, -0.25) is 0 Å². The van der Waals surface area contributed by atoms with E-state index in [0.29, 0.717) is 11.7 Å². The maximum atomic E-state index is 9.40. The summed E-state index contributed by atoms with van der Waals surface area (Å²) in [6.45, 7) is 0. The number of rotatable bonds is 1. The molecule has 1 radical (unpaired) electrons. The van der Waals surface area contributed by atoms with Crippen LogP contribution in [0.1, 0.15) is 30.7 Å². The van der Waals surface area contributed by atoms with E-state index in [0.717, 1.165) is 19.3 Å². The van der Waals surface area contributed by atoms with Crippen molar-refractivity contribution in [1.82, 2.24) is 0 Å². The molecule has 1 nitrogen and oxygen atoms in total. The Labute approximate surface area is 112 Å². The van der Waals surface area contributed by atoms with Gasteiger partial charge < -0.3 is 5.11 Å². The van der Waals surface area contributed by atoms with Crippen LogP contribution in [0.4, 0.5) is 0 Å². The van der Waals surface area contributed by atoms with Crippen molar-refractivity contribution in [3.63, 3.8) is 0 Å². The van der Waals surface area contributed by atoms with Crippen LogP contribution in [-0.2, 0) is 0 Å². The van der Waals surface area contributed by atoms with E-state index in [1.807, 2.05) is 12.1 Å². The zero-order valence-corrected chi connectivity index (χ0v) is 14.0. The molecule has 0 heterocycles. The van der Waals surface area contributed by atoms with Gasteiger partial charge >= 0.3 is 34.6 Å². The Kier molecular flexibility index (Phi) is 6.71. The van der Waals surface area contributed by atoms with Crippen LogP contribution < -0.4 is 0 Å². The average molecular weight is 338 g/mol. The summed E-state index contributed by atoms with van der Waals surface area (Å²) < 4.78 is 0. The molecule has 0 aliphatic heterocycles. The van der Waals surface area contributed by atoms with Crippen LogP contribution >= 0.6 is 0 Å². The van der Waals surface area contributed by atoms with E-state index in [9.17, 15) is 5.11 Å². The van der Waals surface area contributed by atoms with Crippen molar-refractivity contribution in [1.29, 1.82) is 0 Å². The molecule has 93 valence electrons. The number of aliphatic hydroxyl groups excluding tert-OH is 1. The van der Waals surface area contributed by atoms with E-state index in [1.54, 1.807) is 0 Å². The Hall–Kier alpha value is -0.441. The molecular weight excluding hydrogens is 315 g/mol. The van der Waals surface area contributed by atoms with Gasteiger partial charge in [-0.15, -0.1) is 0 Å². The summed E-state index contributed by atoms with van der Waals surface area (Å²) in [4.78, 5) is 7.09. The van der Waals surface area contributed by atoms with Gasteiger partial charge in [0, 0.05) is 12.3 Å². The molecule has 1 aliphatic carbocycles. The fourth-order valence-corrected chi connectivity index (χ4v) is 1.87. The van der Waals surface area contributed by atoms with Crippen molar-refractivity contribution in [3.05, 3.63) is 47.7 Å². The molecule has 0 amide bonds. The van der Waals surface area contributed by atoms with E-state index in [4.69, 9.17) is 0 Å². The van der Waals surface area contributed by atoms with E-state index in [-0.39, 0.29) is 0 Å². The SMILES string of the molecule is OC1=C[C@H](c2ccccc2)CCC1.[CH3][Sn]([CH3])[CH3]. The number of hydrogen-bond donors (Lipinski definition) is 1. The summed E-state index contributed by atoms with van der Waals surface area (Å²) in [6, 6.07) is 10.4. The third-order valence-corrected chi connectivity index (χ3v) is 2.57. The molecular formula is C15H23OSn. The van der Waals surface area contributed by atoms with Crippen molar-refractivity contribution < 1.29 is 5.11 Å². The number of benzene rings is 1. The molecule has 0 bridgehead atoms. The third-order valence-electron chi connectivity index (χ3n) is 2.57. The van der Waals surface area contributed by atoms with Gasteiger partial charge in [-0.1, -0.05) is 30.3 Å². The van der Waals surface area contributed by atoms with Crippen LogP contribution in [0.25, 0.3) is 0 Å². The standard InChI is InChI=1S/C12H14O.3CH3.Sn/c13-12-8-4-7-11(9-12)10-5-2-1-3-6-10;;;;/h1-3,5-6,9,11,13H,4,7-8H2;3*1H3;/t11-;;;;/m1..../s1. The molecule has 2 heteroatoms. The second kappa shape index (κ2) is 7.80. The van der Waals surface area contributed by atoms with E-state index in [2.05, 4.69) is 39.1 Å². The van der Waals surface area contributed by atoms with Gasteiger partial charge in [-0.05, 0) is 24.5 Å². The van der Waals surface area contributed by atoms with Crippen molar-refractivity contribution in [3.8, 4) is 0 Å². The molecule has 1 N–H and O–H groups in total.